The molecule has 1 saturated heterocycles. The van der Waals surface area contributed by atoms with E-state index >= 15 is 0 Å². The molecule has 0 bridgehead atoms. The third-order valence-electron chi connectivity index (χ3n) is 5.18. The molecule has 1 heterocycles. The van der Waals surface area contributed by atoms with E-state index in [4.69, 9.17) is 0 Å². The Hall–Kier alpha value is -1.06. The van der Waals surface area contributed by atoms with E-state index < -0.39 is 5.54 Å². The Bertz CT molecular complexity index is 388. The topological polar surface area (TPSA) is 49.4 Å². The van der Waals surface area contributed by atoms with Crippen LogP contribution in [0, 0.1) is 5.92 Å². The lowest BCUT2D eigenvalue weighted by Crippen LogP contribution is -2.68. The van der Waals surface area contributed by atoms with Crippen LogP contribution in [0.5, 0.6) is 0 Å². The molecule has 2 aliphatic carbocycles. The first-order chi connectivity index (χ1) is 9.11. The highest BCUT2D eigenvalue weighted by Crippen LogP contribution is 2.36. The number of carbonyl (C=O) groups excluding carboxylic acids is 2. The molecule has 3 rings (SSSR count). The summed E-state index contributed by atoms with van der Waals surface area (Å²) in [6.07, 6.45) is 8.27. The van der Waals surface area contributed by atoms with Crippen LogP contribution in [0.4, 0.5) is 0 Å². The number of piperazine rings is 1. The summed E-state index contributed by atoms with van der Waals surface area (Å²) >= 11 is 0. The summed E-state index contributed by atoms with van der Waals surface area (Å²) < 4.78 is 0. The zero-order valence-corrected chi connectivity index (χ0v) is 11.8. The number of nitrogens with zero attached hydrogens (tertiary/aromatic N) is 1. The zero-order chi connectivity index (χ0) is 13.5. The van der Waals surface area contributed by atoms with Crippen LogP contribution >= 0.6 is 0 Å². The van der Waals surface area contributed by atoms with Gasteiger partial charge in [-0.05, 0) is 38.0 Å². The molecule has 2 unspecified atom stereocenters. The van der Waals surface area contributed by atoms with Crippen LogP contribution in [-0.2, 0) is 9.59 Å². The summed E-state index contributed by atoms with van der Waals surface area (Å²) in [5.41, 5.74) is -0.556. The van der Waals surface area contributed by atoms with Crippen LogP contribution in [0.15, 0.2) is 0 Å². The Labute approximate surface area is 114 Å². The molecule has 2 amide bonds. The second-order valence-corrected chi connectivity index (χ2v) is 6.70. The standard InChI is InChI=1S/C15H24N2O2/c1-11-5-6-12(9-11)17-10-13(18)16-15(14(17)19)7-3-2-4-8-15/h11-12H,2-10H2,1H3,(H,16,18). The molecule has 4 heteroatoms. The van der Waals surface area contributed by atoms with E-state index in [0.717, 1.165) is 38.5 Å². The minimum Gasteiger partial charge on any atom is -0.340 e. The predicted octanol–water partition coefficient (Wildman–Crippen LogP) is 1.84. The summed E-state index contributed by atoms with van der Waals surface area (Å²) in [6.45, 7) is 2.52. The first-order valence-electron chi connectivity index (χ1n) is 7.73. The van der Waals surface area contributed by atoms with Gasteiger partial charge < -0.3 is 10.2 Å². The molecule has 1 spiro atoms. The minimum atomic E-state index is -0.556. The summed E-state index contributed by atoms with van der Waals surface area (Å²) in [5.74, 6) is 0.928. The number of carbonyl (C=O) groups is 2. The number of amides is 2. The molecule has 2 atom stereocenters. The lowest BCUT2D eigenvalue weighted by Gasteiger charge is -2.46. The highest BCUT2D eigenvalue weighted by Gasteiger charge is 2.49. The first kappa shape index (κ1) is 12.9. The van der Waals surface area contributed by atoms with Crippen molar-refractivity contribution in [3.63, 3.8) is 0 Å². The fourth-order valence-corrected chi connectivity index (χ4v) is 4.11. The fourth-order valence-electron chi connectivity index (χ4n) is 4.11. The molecule has 4 nitrogen and oxygen atoms in total. The van der Waals surface area contributed by atoms with E-state index in [2.05, 4.69) is 12.2 Å². The quantitative estimate of drug-likeness (QED) is 0.785. The van der Waals surface area contributed by atoms with Crippen molar-refractivity contribution in [3.8, 4) is 0 Å². The molecule has 1 aliphatic heterocycles. The van der Waals surface area contributed by atoms with Gasteiger partial charge in [0, 0.05) is 6.04 Å². The smallest absolute Gasteiger partial charge is 0.249 e. The molecule has 0 aromatic carbocycles. The Morgan fingerprint density at radius 2 is 1.89 bits per heavy atom. The van der Waals surface area contributed by atoms with E-state index in [1.807, 2.05) is 4.90 Å². The average molecular weight is 264 g/mol. The third kappa shape index (κ3) is 2.26. The first-order valence-corrected chi connectivity index (χ1v) is 7.73. The second kappa shape index (κ2) is 4.80. The summed E-state index contributed by atoms with van der Waals surface area (Å²) in [7, 11) is 0. The van der Waals surface area contributed by atoms with Gasteiger partial charge in [0.2, 0.25) is 11.8 Å². The van der Waals surface area contributed by atoms with Gasteiger partial charge in [-0.15, -0.1) is 0 Å². The van der Waals surface area contributed by atoms with Crippen molar-refractivity contribution in [2.45, 2.75) is 69.9 Å². The van der Waals surface area contributed by atoms with E-state index in [-0.39, 0.29) is 18.4 Å². The van der Waals surface area contributed by atoms with E-state index in [9.17, 15) is 9.59 Å². The maximum atomic E-state index is 12.9. The summed E-state index contributed by atoms with van der Waals surface area (Å²) in [6, 6.07) is 0.298. The van der Waals surface area contributed by atoms with Crippen molar-refractivity contribution in [1.29, 1.82) is 0 Å². The fraction of sp³-hybridized carbons (Fsp3) is 0.867. The van der Waals surface area contributed by atoms with E-state index in [1.165, 1.54) is 12.8 Å². The van der Waals surface area contributed by atoms with Crippen molar-refractivity contribution < 1.29 is 9.59 Å². The van der Waals surface area contributed by atoms with Gasteiger partial charge in [0.05, 0.1) is 6.54 Å². The Kier molecular flexibility index (Phi) is 3.27. The van der Waals surface area contributed by atoms with Crippen molar-refractivity contribution >= 4 is 11.8 Å². The molecule has 0 aromatic heterocycles. The maximum Gasteiger partial charge on any atom is 0.249 e. The van der Waals surface area contributed by atoms with Crippen LogP contribution in [0.3, 0.4) is 0 Å². The maximum absolute atomic E-state index is 12.9. The predicted molar refractivity (Wildman–Crippen MR) is 72.5 cm³/mol. The van der Waals surface area contributed by atoms with Crippen LogP contribution in [-0.4, -0.2) is 34.8 Å². The van der Waals surface area contributed by atoms with E-state index in [0.29, 0.717) is 12.0 Å². The van der Waals surface area contributed by atoms with Gasteiger partial charge in [-0.1, -0.05) is 26.2 Å². The van der Waals surface area contributed by atoms with Gasteiger partial charge in [0.1, 0.15) is 5.54 Å². The minimum absolute atomic E-state index is 0.0426. The van der Waals surface area contributed by atoms with Gasteiger partial charge in [0.25, 0.3) is 0 Å². The molecule has 106 valence electrons. The molecular formula is C15H24N2O2. The monoisotopic (exact) mass is 264 g/mol. The van der Waals surface area contributed by atoms with Crippen LogP contribution < -0.4 is 5.32 Å². The highest BCUT2D eigenvalue weighted by molar-refractivity contribution is 5.98. The van der Waals surface area contributed by atoms with Gasteiger partial charge in [-0.2, -0.15) is 0 Å². The molecule has 0 aromatic rings. The Balaban J connectivity index is 1.80. The van der Waals surface area contributed by atoms with E-state index in [1.54, 1.807) is 0 Å². The van der Waals surface area contributed by atoms with Gasteiger partial charge in [-0.3, -0.25) is 9.59 Å². The van der Waals surface area contributed by atoms with Crippen molar-refractivity contribution in [2.75, 3.05) is 6.54 Å². The zero-order valence-electron chi connectivity index (χ0n) is 11.8. The SMILES string of the molecule is CC1CCC(N2CC(=O)NC3(CCCCC3)C2=O)C1. The van der Waals surface area contributed by atoms with Crippen molar-refractivity contribution in [2.24, 2.45) is 5.92 Å². The molecular weight excluding hydrogens is 240 g/mol. The summed E-state index contributed by atoms with van der Waals surface area (Å²) in [4.78, 5) is 26.8. The van der Waals surface area contributed by atoms with Gasteiger partial charge >= 0.3 is 0 Å². The number of hydrogen-bond acceptors (Lipinski definition) is 2. The van der Waals surface area contributed by atoms with Gasteiger partial charge in [-0.25, -0.2) is 0 Å². The largest absolute Gasteiger partial charge is 0.340 e. The molecule has 3 fully saturated rings. The Morgan fingerprint density at radius 3 is 2.53 bits per heavy atom. The Morgan fingerprint density at radius 1 is 1.16 bits per heavy atom. The van der Waals surface area contributed by atoms with Crippen molar-refractivity contribution in [1.82, 2.24) is 10.2 Å². The van der Waals surface area contributed by atoms with Gasteiger partial charge in [0.15, 0.2) is 0 Å². The second-order valence-electron chi connectivity index (χ2n) is 6.70. The lowest BCUT2D eigenvalue weighted by atomic mass is 9.79. The van der Waals surface area contributed by atoms with Crippen LogP contribution in [0.2, 0.25) is 0 Å². The molecule has 3 aliphatic rings. The van der Waals surface area contributed by atoms with Crippen molar-refractivity contribution in [3.05, 3.63) is 0 Å². The summed E-state index contributed by atoms with van der Waals surface area (Å²) in [5, 5.41) is 3.02. The highest BCUT2D eigenvalue weighted by atomic mass is 16.2. The molecule has 19 heavy (non-hydrogen) atoms. The average Bonchev–Trinajstić information content (AvgIpc) is 2.81. The third-order valence-corrected chi connectivity index (χ3v) is 5.18. The normalized spacial score (nSPS) is 34.7. The lowest BCUT2D eigenvalue weighted by molar-refractivity contribution is -0.154. The number of nitrogens with one attached hydrogen (secondary N) is 1. The number of rotatable bonds is 1. The molecule has 2 saturated carbocycles. The van der Waals surface area contributed by atoms with Crippen LogP contribution in [0.25, 0.3) is 0 Å². The molecule has 0 radical (unpaired) electrons. The van der Waals surface area contributed by atoms with Crippen LogP contribution in [0.1, 0.15) is 58.3 Å². The number of hydrogen-bond donors (Lipinski definition) is 1. The molecule has 1 N–H and O–H groups in total.